The van der Waals surface area contributed by atoms with Crippen molar-refractivity contribution in [1.29, 1.82) is 0 Å². The molecule has 0 saturated carbocycles. The first kappa shape index (κ1) is 13.7. The minimum absolute atomic E-state index is 0.0152. The van der Waals surface area contributed by atoms with Gasteiger partial charge in [-0.2, -0.15) is 0 Å². The number of carbonyl (C=O) groups excluding carboxylic acids is 1. The van der Waals surface area contributed by atoms with Gasteiger partial charge in [-0.25, -0.2) is 0 Å². The van der Waals surface area contributed by atoms with E-state index in [4.69, 9.17) is 9.47 Å². The average molecular weight is 298 g/mol. The summed E-state index contributed by atoms with van der Waals surface area (Å²) in [5.41, 5.74) is 0.503. The van der Waals surface area contributed by atoms with Crippen LogP contribution >= 0.6 is 0 Å². The predicted octanol–water partition coefficient (Wildman–Crippen LogP) is 2.21. The van der Waals surface area contributed by atoms with Gasteiger partial charge in [-0.1, -0.05) is 24.3 Å². The SMILES string of the molecule is O=C(c1cc2ccccc2cn1)N1CCC2(CC1)OCCO2. The molecule has 0 atom stereocenters. The first-order valence-electron chi connectivity index (χ1n) is 7.68. The zero-order chi connectivity index (χ0) is 15.0. The molecule has 1 amide bonds. The maximum atomic E-state index is 12.6. The van der Waals surface area contributed by atoms with Crippen molar-refractivity contribution >= 4 is 16.7 Å². The fourth-order valence-corrected chi connectivity index (χ4v) is 3.20. The number of hydrogen-bond donors (Lipinski definition) is 0. The molecule has 22 heavy (non-hydrogen) atoms. The highest BCUT2D eigenvalue weighted by Crippen LogP contribution is 2.31. The lowest BCUT2D eigenvalue weighted by molar-refractivity contribution is -0.181. The molecule has 0 aliphatic carbocycles. The first-order chi connectivity index (χ1) is 10.8. The van der Waals surface area contributed by atoms with E-state index in [2.05, 4.69) is 4.98 Å². The Balaban J connectivity index is 1.51. The van der Waals surface area contributed by atoms with Gasteiger partial charge >= 0.3 is 0 Å². The number of pyridine rings is 1. The largest absolute Gasteiger partial charge is 0.347 e. The van der Waals surface area contributed by atoms with Crippen LogP contribution in [0.25, 0.3) is 10.8 Å². The lowest BCUT2D eigenvalue weighted by Crippen LogP contribution is -2.47. The molecule has 0 unspecified atom stereocenters. The van der Waals surface area contributed by atoms with Crippen molar-refractivity contribution in [3.8, 4) is 0 Å². The molecule has 1 spiro atoms. The monoisotopic (exact) mass is 298 g/mol. The van der Waals surface area contributed by atoms with Gasteiger partial charge in [0.2, 0.25) is 0 Å². The maximum Gasteiger partial charge on any atom is 0.272 e. The molecule has 2 fully saturated rings. The van der Waals surface area contributed by atoms with Crippen LogP contribution < -0.4 is 0 Å². The van der Waals surface area contributed by atoms with E-state index in [1.807, 2.05) is 35.2 Å². The van der Waals surface area contributed by atoms with Gasteiger partial charge in [0.25, 0.3) is 5.91 Å². The molecule has 2 aliphatic rings. The molecule has 0 bridgehead atoms. The Morgan fingerprint density at radius 2 is 1.77 bits per heavy atom. The summed E-state index contributed by atoms with van der Waals surface area (Å²) in [4.78, 5) is 18.8. The molecule has 2 aromatic rings. The minimum atomic E-state index is -0.451. The molecule has 1 aromatic heterocycles. The van der Waals surface area contributed by atoms with Crippen LogP contribution in [0.4, 0.5) is 0 Å². The van der Waals surface area contributed by atoms with E-state index in [1.165, 1.54) is 0 Å². The van der Waals surface area contributed by atoms with Crippen molar-refractivity contribution in [1.82, 2.24) is 9.88 Å². The highest BCUT2D eigenvalue weighted by Gasteiger charge is 2.40. The van der Waals surface area contributed by atoms with Gasteiger partial charge in [0.1, 0.15) is 5.69 Å². The predicted molar refractivity (Wildman–Crippen MR) is 81.5 cm³/mol. The number of ether oxygens (including phenoxy) is 2. The van der Waals surface area contributed by atoms with Crippen LogP contribution in [0.2, 0.25) is 0 Å². The molecule has 5 nitrogen and oxygen atoms in total. The van der Waals surface area contributed by atoms with Crippen LogP contribution in [-0.4, -0.2) is 47.9 Å². The Morgan fingerprint density at radius 1 is 1.09 bits per heavy atom. The number of amides is 1. The fraction of sp³-hybridized carbons (Fsp3) is 0.412. The molecule has 3 heterocycles. The highest BCUT2D eigenvalue weighted by molar-refractivity contribution is 5.96. The van der Waals surface area contributed by atoms with Gasteiger partial charge in [0.05, 0.1) is 13.2 Å². The summed E-state index contributed by atoms with van der Waals surface area (Å²) in [6, 6.07) is 9.80. The Bertz CT molecular complexity index is 700. The van der Waals surface area contributed by atoms with Crippen LogP contribution in [0, 0.1) is 0 Å². The van der Waals surface area contributed by atoms with Crippen molar-refractivity contribution in [3.05, 3.63) is 42.2 Å². The highest BCUT2D eigenvalue weighted by atomic mass is 16.7. The average Bonchev–Trinajstić information content (AvgIpc) is 3.02. The number of fused-ring (bicyclic) bond motifs is 1. The zero-order valence-corrected chi connectivity index (χ0v) is 12.3. The van der Waals surface area contributed by atoms with Gasteiger partial charge in [0, 0.05) is 37.5 Å². The van der Waals surface area contributed by atoms with E-state index in [0.717, 1.165) is 23.6 Å². The second-order valence-electron chi connectivity index (χ2n) is 5.82. The maximum absolute atomic E-state index is 12.6. The van der Waals surface area contributed by atoms with Gasteiger partial charge < -0.3 is 14.4 Å². The Hall–Kier alpha value is -1.98. The number of benzene rings is 1. The molecule has 2 saturated heterocycles. The standard InChI is InChI=1S/C17H18N2O3/c20-16(15-11-13-3-1-2-4-14(13)12-18-15)19-7-5-17(6-8-19)21-9-10-22-17/h1-4,11-12H,5-10H2. The second kappa shape index (κ2) is 5.34. The van der Waals surface area contributed by atoms with Crippen LogP contribution in [0.3, 0.4) is 0 Å². The van der Waals surface area contributed by atoms with E-state index < -0.39 is 5.79 Å². The molecule has 0 N–H and O–H groups in total. The molecule has 114 valence electrons. The first-order valence-corrected chi connectivity index (χ1v) is 7.68. The summed E-state index contributed by atoms with van der Waals surface area (Å²) in [7, 11) is 0. The summed E-state index contributed by atoms with van der Waals surface area (Å²) in [5.74, 6) is -0.466. The summed E-state index contributed by atoms with van der Waals surface area (Å²) in [6.45, 7) is 2.60. The number of rotatable bonds is 1. The number of hydrogen-bond acceptors (Lipinski definition) is 4. The van der Waals surface area contributed by atoms with Crippen LogP contribution in [-0.2, 0) is 9.47 Å². The molecule has 4 rings (SSSR count). The molecule has 5 heteroatoms. The third-order valence-corrected chi connectivity index (χ3v) is 4.48. The second-order valence-corrected chi connectivity index (χ2v) is 5.82. The zero-order valence-electron chi connectivity index (χ0n) is 12.3. The van der Waals surface area contributed by atoms with Gasteiger partial charge in [-0.05, 0) is 11.5 Å². The molecular formula is C17H18N2O3. The molecule has 0 radical (unpaired) electrons. The number of carbonyl (C=O) groups is 1. The lowest BCUT2D eigenvalue weighted by Gasteiger charge is -2.37. The third-order valence-electron chi connectivity index (χ3n) is 4.48. The van der Waals surface area contributed by atoms with Crippen LogP contribution in [0.15, 0.2) is 36.5 Å². The summed E-state index contributed by atoms with van der Waals surface area (Å²) < 4.78 is 11.4. The lowest BCUT2D eigenvalue weighted by atomic mass is 10.0. The summed E-state index contributed by atoms with van der Waals surface area (Å²) >= 11 is 0. The molecule has 2 aliphatic heterocycles. The van der Waals surface area contributed by atoms with Crippen LogP contribution in [0.1, 0.15) is 23.3 Å². The van der Waals surface area contributed by atoms with Gasteiger partial charge in [0.15, 0.2) is 5.79 Å². The third kappa shape index (κ3) is 2.36. The topological polar surface area (TPSA) is 51.7 Å². The fourth-order valence-electron chi connectivity index (χ4n) is 3.20. The minimum Gasteiger partial charge on any atom is -0.347 e. The quantitative estimate of drug-likeness (QED) is 0.810. The van der Waals surface area contributed by atoms with Crippen LogP contribution in [0.5, 0.6) is 0 Å². The summed E-state index contributed by atoms with van der Waals surface area (Å²) in [6.07, 6.45) is 3.22. The van der Waals surface area contributed by atoms with E-state index >= 15 is 0 Å². The normalized spacial score (nSPS) is 20.6. The van der Waals surface area contributed by atoms with E-state index in [-0.39, 0.29) is 5.91 Å². The van der Waals surface area contributed by atoms with E-state index in [1.54, 1.807) is 6.20 Å². The Kier molecular flexibility index (Phi) is 3.32. The number of aromatic nitrogens is 1. The summed E-state index contributed by atoms with van der Waals surface area (Å²) in [5, 5.41) is 2.08. The van der Waals surface area contributed by atoms with Crippen molar-refractivity contribution in [2.75, 3.05) is 26.3 Å². The Labute approximate surface area is 128 Å². The number of piperidine rings is 1. The number of nitrogens with zero attached hydrogens (tertiary/aromatic N) is 2. The van der Waals surface area contributed by atoms with Crippen molar-refractivity contribution in [3.63, 3.8) is 0 Å². The van der Waals surface area contributed by atoms with Gasteiger partial charge in [-0.3, -0.25) is 9.78 Å². The van der Waals surface area contributed by atoms with E-state index in [9.17, 15) is 4.79 Å². The number of likely N-dealkylation sites (tertiary alicyclic amines) is 1. The Morgan fingerprint density at radius 3 is 2.50 bits per heavy atom. The van der Waals surface area contributed by atoms with Gasteiger partial charge in [-0.15, -0.1) is 0 Å². The molecule has 1 aromatic carbocycles. The van der Waals surface area contributed by atoms with Crippen molar-refractivity contribution in [2.24, 2.45) is 0 Å². The van der Waals surface area contributed by atoms with E-state index in [0.29, 0.717) is 32.0 Å². The van der Waals surface area contributed by atoms with Crippen molar-refractivity contribution in [2.45, 2.75) is 18.6 Å². The molecular weight excluding hydrogens is 280 g/mol. The smallest absolute Gasteiger partial charge is 0.272 e. The van der Waals surface area contributed by atoms with Crippen molar-refractivity contribution < 1.29 is 14.3 Å².